The van der Waals surface area contributed by atoms with Gasteiger partial charge in [0, 0.05) is 25.7 Å². The molecule has 0 radical (unpaired) electrons. The first-order chi connectivity index (χ1) is 9.43. The quantitative estimate of drug-likeness (QED) is 0.876. The summed E-state index contributed by atoms with van der Waals surface area (Å²) >= 11 is 0. The highest BCUT2D eigenvalue weighted by molar-refractivity contribution is 5.70. The molecule has 0 saturated carbocycles. The first-order valence-corrected chi connectivity index (χ1v) is 6.82. The first-order valence-electron chi connectivity index (χ1n) is 6.82. The Balaban J connectivity index is 2.93. The number of rotatable bonds is 4. The number of nitrogens with zero attached hydrogens (tertiary/aromatic N) is 4. The summed E-state index contributed by atoms with van der Waals surface area (Å²) in [4.78, 5) is 28.9. The van der Waals surface area contributed by atoms with Gasteiger partial charge in [-0.1, -0.05) is 6.92 Å². The van der Waals surface area contributed by atoms with E-state index in [1.807, 2.05) is 20.8 Å². The van der Waals surface area contributed by atoms with Gasteiger partial charge >= 0.3 is 5.69 Å². The Bertz CT molecular complexity index is 740. The number of imidazole rings is 1. The molecule has 0 bridgehead atoms. The minimum absolute atomic E-state index is 0.0201. The van der Waals surface area contributed by atoms with Crippen molar-refractivity contribution >= 4 is 11.2 Å². The molecular formula is C13H21N5O2. The zero-order valence-corrected chi connectivity index (χ0v) is 12.3. The number of aromatic nitrogens is 4. The Morgan fingerprint density at radius 2 is 1.95 bits per heavy atom. The van der Waals surface area contributed by atoms with Gasteiger partial charge in [-0.05, 0) is 20.3 Å². The Morgan fingerprint density at radius 1 is 1.30 bits per heavy atom. The van der Waals surface area contributed by atoms with Gasteiger partial charge < -0.3 is 10.3 Å². The van der Waals surface area contributed by atoms with Crippen molar-refractivity contribution in [1.82, 2.24) is 18.7 Å². The third kappa shape index (κ3) is 1.98. The van der Waals surface area contributed by atoms with Gasteiger partial charge in [0.15, 0.2) is 11.2 Å². The maximum atomic E-state index is 12.4. The predicted molar refractivity (Wildman–Crippen MR) is 78.0 cm³/mol. The summed E-state index contributed by atoms with van der Waals surface area (Å²) in [7, 11) is 1.49. The van der Waals surface area contributed by atoms with E-state index in [0.717, 1.165) is 11.0 Å². The van der Waals surface area contributed by atoms with Crippen LogP contribution in [0.2, 0.25) is 0 Å². The second-order valence-electron chi connectivity index (χ2n) is 5.18. The van der Waals surface area contributed by atoms with Crippen molar-refractivity contribution in [2.45, 2.75) is 39.3 Å². The van der Waals surface area contributed by atoms with E-state index in [1.54, 1.807) is 15.5 Å². The van der Waals surface area contributed by atoms with Gasteiger partial charge in [-0.25, -0.2) is 9.78 Å². The van der Waals surface area contributed by atoms with Gasteiger partial charge in [0.1, 0.15) is 0 Å². The lowest BCUT2D eigenvalue weighted by Gasteiger charge is -2.16. The average Bonchev–Trinajstić information content (AvgIpc) is 2.88. The van der Waals surface area contributed by atoms with Crippen molar-refractivity contribution in [1.29, 1.82) is 0 Å². The Labute approximate surface area is 116 Å². The van der Waals surface area contributed by atoms with Crippen molar-refractivity contribution in [2.75, 3.05) is 6.54 Å². The molecule has 7 nitrogen and oxygen atoms in total. The standard InChI is InChI=1S/C13H21N5O2/c1-5-8(2)18-11-10(12(19)16(4)13(18)20)17(7-15-11)9(3)6-14/h7-9H,5-6,14H2,1-4H3. The molecule has 2 N–H and O–H groups in total. The first kappa shape index (κ1) is 14.5. The maximum Gasteiger partial charge on any atom is 0.332 e. The fraction of sp³-hybridized carbons (Fsp3) is 0.615. The molecular weight excluding hydrogens is 258 g/mol. The summed E-state index contributed by atoms with van der Waals surface area (Å²) in [5.74, 6) is 0. The summed E-state index contributed by atoms with van der Waals surface area (Å²) in [6.07, 6.45) is 2.37. The zero-order valence-electron chi connectivity index (χ0n) is 12.3. The summed E-state index contributed by atoms with van der Waals surface area (Å²) in [6.45, 7) is 6.25. The van der Waals surface area contributed by atoms with Crippen molar-refractivity contribution in [3.05, 3.63) is 27.2 Å². The molecule has 2 unspecified atom stereocenters. The van der Waals surface area contributed by atoms with Crippen LogP contribution < -0.4 is 17.0 Å². The Hall–Kier alpha value is -1.89. The van der Waals surface area contributed by atoms with E-state index in [4.69, 9.17) is 5.73 Å². The van der Waals surface area contributed by atoms with Crippen LogP contribution in [0.25, 0.3) is 11.2 Å². The number of hydrogen-bond donors (Lipinski definition) is 1. The molecule has 0 fully saturated rings. The molecule has 0 aliphatic heterocycles. The number of nitrogens with two attached hydrogens (primary N) is 1. The number of fused-ring (bicyclic) bond motifs is 1. The molecule has 110 valence electrons. The average molecular weight is 279 g/mol. The molecule has 0 spiro atoms. The van der Waals surface area contributed by atoms with E-state index in [1.165, 1.54) is 7.05 Å². The van der Waals surface area contributed by atoms with Crippen LogP contribution in [0.15, 0.2) is 15.9 Å². The van der Waals surface area contributed by atoms with Crippen LogP contribution in [-0.4, -0.2) is 25.2 Å². The molecule has 0 aliphatic rings. The third-order valence-electron chi connectivity index (χ3n) is 3.85. The fourth-order valence-corrected chi connectivity index (χ4v) is 2.26. The van der Waals surface area contributed by atoms with Crippen molar-refractivity contribution in [2.24, 2.45) is 12.8 Å². The molecule has 0 amide bonds. The van der Waals surface area contributed by atoms with Crippen LogP contribution in [0.4, 0.5) is 0 Å². The van der Waals surface area contributed by atoms with E-state index in [0.29, 0.717) is 17.7 Å². The van der Waals surface area contributed by atoms with E-state index < -0.39 is 0 Å². The van der Waals surface area contributed by atoms with Crippen molar-refractivity contribution in [3.63, 3.8) is 0 Å². The molecule has 2 atom stereocenters. The Morgan fingerprint density at radius 3 is 2.50 bits per heavy atom. The number of hydrogen-bond acceptors (Lipinski definition) is 4. The largest absolute Gasteiger partial charge is 0.332 e. The summed E-state index contributed by atoms with van der Waals surface area (Å²) in [5, 5.41) is 0. The molecule has 0 aliphatic carbocycles. The van der Waals surface area contributed by atoms with Gasteiger partial charge in [0.2, 0.25) is 0 Å². The van der Waals surface area contributed by atoms with Crippen LogP contribution in [0.3, 0.4) is 0 Å². The van der Waals surface area contributed by atoms with Crippen LogP contribution in [0.1, 0.15) is 39.3 Å². The predicted octanol–water partition coefficient (Wildman–Crippen LogP) is 0.387. The molecule has 2 rings (SSSR count). The molecule has 7 heteroatoms. The lowest BCUT2D eigenvalue weighted by molar-refractivity contribution is 0.498. The van der Waals surface area contributed by atoms with E-state index >= 15 is 0 Å². The highest BCUT2D eigenvalue weighted by Crippen LogP contribution is 2.16. The minimum atomic E-state index is -0.331. The molecule has 2 aromatic heterocycles. The fourth-order valence-electron chi connectivity index (χ4n) is 2.26. The SMILES string of the molecule is CCC(C)n1c(=O)n(C)c(=O)c2c1ncn2C(C)CN. The molecule has 0 saturated heterocycles. The van der Waals surface area contributed by atoms with Gasteiger partial charge in [-0.3, -0.25) is 13.9 Å². The van der Waals surface area contributed by atoms with Crippen LogP contribution in [-0.2, 0) is 7.05 Å². The summed E-state index contributed by atoms with van der Waals surface area (Å²) in [6, 6.07) is -0.0658. The smallest absolute Gasteiger partial charge is 0.328 e. The van der Waals surface area contributed by atoms with E-state index in [9.17, 15) is 9.59 Å². The molecule has 20 heavy (non-hydrogen) atoms. The van der Waals surface area contributed by atoms with Crippen LogP contribution in [0.5, 0.6) is 0 Å². The topological polar surface area (TPSA) is 87.8 Å². The minimum Gasteiger partial charge on any atom is -0.328 e. The van der Waals surface area contributed by atoms with Gasteiger partial charge in [0.05, 0.1) is 6.33 Å². The second-order valence-corrected chi connectivity index (χ2v) is 5.18. The zero-order chi connectivity index (χ0) is 15.0. The summed E-state index contributed by atoms with van der Waals surface area (Å²) < 4.78 is 4.46. The van der Waals surface area contributed by atoms with Crippen molar-refractivity contribution in [3.8, 4) is 0 Å². The normalized spacial score (nSPS) is 14.7. The monoisotopic (exact) mass is 279 g/mol. The molecule has 0 aromatic carbocycles. The second kappa shape index (κ2) is 5.24. The van der Waals surface area contributed by atoms with Crippen LogP contribution in [0, 0.1) is 0 Å². The van der Waals surface area contributed by atoms with E-state index in [-0.39, 0.29) is 23.3 Å². The maximum absolute atomic E-state index is 12.4. The summed E-state index contributed by atoms with van der Waals surface area (Å²) in [5.41, 5.74) is 5.88. The highest BCUT2D eigenvalue weighted by Gasteiger charge is 2.20. The lowest BCUT2D eigenvalue weighted by Crippen LogP contribution is -2.40. The van der Waals surface area contributed by atoms with Crippen LogP contribution >= 0.6 is 0 Å². The van der Waals surface area contributed by atoms with Crippen molar-refractivity contribution < 1.29 is 0 Å². The van der Waals surface area contributed by atoms with E-state index in [2.05, 4.69) is 4.98 Å². The Kier molecular flexibility index (Phi) is 3.80. The third-order valence-corrected chi connectivity index (χ3v) is 3.85. The molecule has 2 aromatic rings. The lowest BCUT2D eigenvalue weighted by atomic mass is 10.2. The van der Waals surface area contributed by atoms with Gasteiger partial charge in [-0.15, -0.1) is 0 Å². The molecule has 2 heterocycles. The highest BCUT2D eigenvalue weighted by atomic mass is 16.2. The van der Waals surface area contributed by atoms with Gasteiger partial charge in [0.25, 0.3) is 5.56 Å². The van der Waals surface area contributed by atoms with Gasteiger partial charge in [-0.2, -0.15) is 0 Å².